The number of nitrogens with one attached hydrogen (secondary N) is 2. The topological polar surface area (TPSA) is 45.7 Å². The quantitative estimate of drug-likeness (QED) is 0.345. The molecule has 0 saturated heterocycles. The Kier molecular flexibility index (Phi) is 7.74. The molecule has 0 aliphatic carbocycles. The van der Waals surface area contributed by atoms with Gasteiger partial charge in [-0.2, -0.15) is 0 Å². The number of terminal acetylenes is 1. The number of benzene rings is 1. The molecule has 0 radical (unpaired) electrons. The van der Waals surface area contributed by atoms with Gasteiger partial charge in [-0.15, -0.1) is 6.42 Å². The van der Waals surface area contributed by atoms with Crippen LogP contribution in [0.15, 0.2) is 29.3 Å². The number of ether oxygens (including phenoxy) is 1. The Bertz CT molecular complexity index is 446. The molecular weight excluding hydrogens is 250 g/mol. The molecule has 0 fully saturated rings. The third-order valence-corrected chi connectivity index (χ3v) is 2.75. The number of methoxy groups -OCH3 is 1. The highest BCUT2D eigenvalue weighted by atomic mass is 16.5. The second kappa shape index (κ2) is 9.74. The molecule has 20 heavy (non-hydrogen) atoms. The molecule has 2 N–H and O–H groups in total. The van der Waals surface area contributed by atoms with E-state index in [9.17, 15) is 0 Å². The van der Waals surface area contributed by atoms with E-state index in [0.29, 0.717) is 6.54 Å². The Balaban J connectivity index is 2.35. The third-order valence-electron chi connectivity index (χ3n) is 2.75. The van der Waals surface area contributed by atoms with Crippen LogP contribution in [-0.2, 0) is 6.42 Å². The molecule has 0 aliphatic heterocycles. The summed E-state index contributed by atoms with van der Waals surface area (Å²) in [6, 6.07) is 8.14. The Morgan fingerprint density at radius 3 is 2.65 bits per heavy atom. The van der Waals surface area contributed by atoms with E-state index in [1.807, 2.05) is 19.1 Å². The van der Waals surface area contributed by atoms with Crippen LogP contribution in [0.2, 0.25) is 0 Å². The number of aliphatic imine (C=N–C) groups is 1. The maximum Gasteiger partial charge on any atom is 0.192 e. The predicted molar refractivity (Wildman–Crippen MR) is 84.1 cm³/mol. The summed E-state index contributed by atoms with van der Waals surface area (Å²) in [6.07, 6.45) is 7.22. The lowest BCUT2D eigenvalue weighted by Crippen LogP contribution is -2.37. The highest BCUT2D eigenvalue weighted by Gasteiger charge is 1.96. The van der Waals surface area contributed by atoms with E-state index in [1.54, 1.807) is 7.11 Å². The molecule has 4 heteroatoms. The standard InChI is InChI=1S/C16H23N3O/c1-4-12-18-16(17-5-2)19-13-6-7-14-8-10-15(20-3)11-9-14/h1,8-11H,5-7,12-13H2,2-3H3,(H2,17,18,19). The molecular formula is C16H23N3O. The monoisotopic (exact) mass is 273 g/mol. The van der Waals surface area contributed by atoms with Gasteiger partial charge in [-0.05, 0) is 37.5 Å². The van der Waals surface area contributed by atoms with Crippen LogP contribution in [0.25, 0.3) is 0 Å². The van der Waals surface area contributed by atoms with Crippen LogP contribution in [-0.4, -0.2) is 32.7 Å². The Morgan fingerprint density at radius 2 is 2.05 bits per heavy atom. The first kappa shape index (κ1) is 15.9. The van der Waals surface area contributed by atoms with E-state index < -0.39 is 0 Å². The highest BCUT2D eigenvalue weighted by molar-refractivity contribution is 5.79. The normalized spacial score (nSPS) is 10.8. The molecule has 0 spiro atoms. The van der Waals surface area contributed by atoms with Gasteiger partial charge < -0.3 is 15.4 Å². The predicted octanol–water partition coefficient (Wildman–Crippen LogP) is 1.82. The van der Waals surface area contributed by atoms with Gasteiger partial charge in [0, 0.05) is 13.1 Å². The first-order valence-electron chi connectivity index (χ1n) is 6.88. The fraction of sp³-hybridized carbons (Fsp3) is 0.438. The average molecular weight is 273 g/mol. The molecule has 0 heterocycles. The van der Waals surface area contributed by atoms with Crippen molar-refractivity contribution < 1.29 is 4.74 Å². The zero-order valence-electron chi connectivity index (χ0n) is 12.3. The number of nitrogens with zero attached hydrogens (tertiary/aromatic N) is 1. The van der Waals surface area contributed by atoms with Gasteiger partial charge in [0.05, 0.1) is 13.7 Å². The van der Waals surface area contributed by atoms with Crippen molar-refractivity contribution in [2.75, 3.05) is 26.7 Å². The molecule has 0 aromatic heterocycles. The highest BCUT2D eigenvalue weighted by Crippen LogP contribution is 2.12. The van der Waals surface area contributed by atoms with Gasteiger partial charge in [-0.25, -0.2) is 0 Å². The zero-order valence-corrected chi connectivity index (χ0v) is 12.3. The summed E-state index contributed by atoms with van der Waals surface area (Å²) in [7, 11) is 1.68. The maximum absolute atomic E-state index is 5.22. The lowest BCUT2D eigenvalue weighted by Gasteiger charge is -2.08. The summed E-state index contributed by atoms with van der Waals surface area (Å²) >= 11 is 0. The van der Waals surface area contributed by atoms with Crippen molar-refractivity contribution in [3.05, 3.63) is 29.8 Å². The van der Waals surface area contributed by atoms with Crippen LogP contribution in [0, 0.1) is 12.3 Å². The van der Waals surface area contributed by atoms with Crippen molar-refractivity contribution in [3.8, 4) is 18.1 Å². The van der Waals surface area contributed by atoms with E-state index in [2.05, 4.69) is 33.7 Å². The second-order valence-corrected chi connectivity index (χ2v) is 4.27. The van der Waals surface area contributed by atoms with Gasteiger partial charge in [0.2, 0.25) is 0 Å². The van der Waals surface area contributed by atoms with E-state index in [4.69, 9.17) is 11.2 Å². The van der Waals surface area contributed by atoms with Crippen LogP contribution in [0.4, 0.5) is 0 Å². The number of rotatable bonds is 7. The molecule has 0 amide bonds. The molecule has 1 aromatic carbocycles. The molecule has 1 aromatic rings. The van der Waals surface area contributed by atoms with E-state index in [0.717, 1.165) is 37.6 Å². The fourth-order valence-corrected chi connectivity index (χ4v) is 1.74. The zero-order chi connectivity index (χ0) is 14.6. The molecule has 1 rings (SSSR count). The third kappa shape index (κ3) is 6.14. The summed E-state index contributed by atoms with van der Waals surface area (Å²) < 4.78 is 5.14. The number of hydrogen-bond acceptors (Lipinski definition) is 2. The van der Waals surface area contributed by atoms with Crippen molar-refractivity contribution >= 4 is 5.96 Å². The van der Waals surface area contributed by atoms with Crippen molar-refractivity contribution in [3.63, 3.8) is 0 Å². The van der Waals surface area contributed by atoms with Gasteiger partial charge in [-0.3, -0.25) is 4.99 Å². The first-order chi connectivity index (χ1) is 9.80. The molecule has 108 valence electrons. The molecule has 0 atom stereocenters. The summed E-state index contributed by atoms with van der Waals surface area (Å²) in [6.45, 7) is 4.12. The molecule has 0 unspecified atom stereocenters. The minimum atomic E-state index is 0.490. The number of aryl methyl sites for hydroxylation is 1. The van der Waals surface area contributed by atoms with Gasteiger partial charge >= 0.3 is 0 Å². The Morgan fingerprint density at radius 1 is 1.30 bits per heavy atom. The van der Waals surface area contributed by atoms with Gasteiger partial charge in [0.1, 0.15) is 5.75 Å². The molecule has 0 aliphatic rings. The van der Waals surface area contributed by atoms with Gasteiger partial charge in [0.25, 0.3) is 0 Å². The van der Waals surface area contributed by atoms with Crippen LogP contribution in [0.3, 0.4) is 0 Å². The van der Waals surface area contributed by atoms with Crippen molar-refractivity contribution in [2.24, 2.45) is 4.99 Å². The summed E-state index contributed by atoms with van der Waals surface area (Å²) in [5, 5.41) is 6.23. The Hall–Kier alpha value is -2.15. The largest absolute Gasteiger partial charge is 0.497 e. The second-order valence-electron chi connectivity index (χ2n) is 4.27. The fourth-order valence-electron chi connectivity index (χ4n) is 1.74. The van der Waals surface area contributed by atoms with Crippen molar-refractivity contribution in [2.45, 2.75) is 19.8 Å². The number of guanidine groups is 1. The van der Waals surface area contributed by atoms with Gasteiger partial charge in [0.15, 0.2) is 5.96 Å². The van der Waals surface area contributed by atoms with Crippen LogP contribution < -0.4 is 15.4 Å². The van der Waals surface area contributed by atoms with Crippen LogP contribution in [0.1, 0.15) is 18.9 Å². The van der Waals surface area contributed by atoms with Crippen LogP contribution in [0.5, 0.6) is 5.75 Å². The van der Waals surface area contributed by atoms with Crippen molar-refractivity contribution in [1.29, 1.82) is 0 Å². The minimum absolute atomic E-state index is 0.490. The first-order valence-corrected chi connectivity index (χ1v) is 6.88. The Labute approximate surface area is 121 Å². The average Bonchev–Trinajstić information content (AvgIpc) is 2.49. The molecule has 4 nitrogen and oxygen atoms in total. The summed E-state index contributed by atoms with van der Waals surface area (Å²) in [5.74, 6) is 4.21. The number of hydrogen-bond donors (Lipinski definition) is 2. The SMILES string of the molecule is C#CCNC(=NCCCc1ccc(OC)cc1)NCC. The lowest BCUT2D eigenvalue weighted by atomic mass is 10.1. The van der Waals surface area contributed by atoms with E-state index in [-0.39, 0.29) is 0 Å². The minimum Gasteiger partial charge on any atom is -0.497 e. The smallest absolute Gasteiger partial charge is 0.192 e. The maximum atomic E-state index is 5.22. The van der Waals surface area contributed by atoms with Crippen molar-refractivity contribution in [1.82, 2.24) is 10.6 Å². The molecule has 0 bridgehead atoms. The van der Waals surface area contributed by atoms with E-state index >= 15 is 0 Å². The molecule has 0 saturated carbocycles. The van der Waals surface area contributed by atoms with Crippen LogP contribution >= 0.6 is 0 Å². The summed E-state index contributed by atoms with van der Waals surface area (Å²) in [4.78, 5) is 4.47. The summed E-state index contributed by atoms with van der Waals surface area (Å²) in [5.41, 5.74) is 1.29. The lowest BCUT2D eigenvalue weighted by molar-refractivity contribution is 0.414. The van der Waals surface area contributed by atoms with E-state index in [1.165, 1.54) is 5.56 Å². The van der Waals surface area contributed by atoms with Gasteiger partial charge in [-0.1, -0.05) is 18.1 Å².